The quantitative estimate of drug-likeness (QED) is 0.584. The summed E-state index contributed by atoms with van der Waals surface area (Å²) in [5, 5.41) is 3.41. The third kappa shape index (κ3) is 0.851. The van der Waals surface area contributed by atoms with Crippen LogP contribution in [0.2, 0.25) is 0 Å². The molecule has 0 spiro atoms. The zero-order chi connectivity index (χ0) is 7.84. The van der Waals surface area contributed by atoms with Gasteiger partial charge in [-0.25, -0.2) is 0 Å². The highest BCUT2D eigenvalue weighted by molar-refractivity contribution is 7.08. The summed E-state index contributed by atoms with van der Waals surface area (Å²) in [7, 11) is 0. The first kappa shape index (κ1) is 6.49. The van der Waals surface area contributed by atoms with Gasteiger partial charge < -0.3 is 0 Å². The highest BCUT2D eigenvalue weighted by atomic mass is 32.1. The van der Waals surface area contributed by atoms with Gasteiger partial charge in [-0.3, -0.25) is 9.59 Å². The minimum atomic E-state index is -0.0687. The maximum Gasteiger partial charge on any atom is 0.187 e. The molecule has 1 aliphatic carbocycles. The van der Waals surface area contributed by atoms with Gasteiger partial charge in [-0.15, -0.1) is 0 Å². The first-order valence-corrected chi connectivity index (χ1v) is 4.06. The molecule has 0 radical (unpaired) electrons. The Labute approximate surface area is 67.2 Å². The summed E-state index contributed by atoms with van der Waals surface area (Å²) in [5.41, 5.74) is 1.09. The molecule has 0 N–H and O–H groups in total. The van der Waals surface area contributed by atoms with Crippen molar-refractivity contribution >= 4 is 22.9 Å². The number of fused-ring (bicyclic) bond motifs is 1. The average Bonchev–Trinajstić information content (AvgIpc) is 2.45. The van der Waals surface area contributed by atoms with Crippen molar-refractivity contribution in [3.63, 3.8) is 0 Å². The van der Waals surface area contributed by atoms with Gasteiger partial charge in [-0.05, 0) is 12.2 Å². The minimum Gasteiger partial charge on any atom is -0.289 e. The molecule has 0 aromatic carbocycles. The molecule has 2 rings (SSSR count). The lowest BCUT2D eigenvalue weighted by atomic mass is 10.0. The zero-order valence-electron chi connectivity index (χ0n) is 5.53. The van der Waals surface area contributed by atoms with Crippen LogP contribution in [0.4, 0.5) is 0 Å². The van der Waals surface area contributed by atoms with Gasteiger partial charge in [0.2, 0.25) is 0 Å². The van der Waals surface area contributed by atoms with Gasteiger partial charge in [0.05, 0.1) is 0 Å². The van der Waals surface area contributed by atoms with Gasteiger partial charge >= 0.3 is 0 Å². The Bertz CT molecular complexity index is 327. The number of carbonyl (C=O) groups is 2. The normalized spacial score (nSPS) is 15.3. The van der Waals surface area contributed by atoms with Crippen molar-refractivity contribution in [3.8, 4) is 0 Å². The highest BCUT2D eigenvalue weighted by Crippen LogP contribution is 2.20. The fourth-order valence-electron chi connectivity index (χ4n) is 1.01. The maximum absolute atomic E-state index is 11.1. The van der Waals surface area contributed by atoms with E-state index < -0.39 is 0 Å². The topological polar surface area (TPSA) is 34.1 Å². The molecule has 0 bridgehead atoms. The average molecular weight is 164 g/mol. The molecular formula is C8H4O2S. The number of rotatable bonds is 0. The second-order valence-electron chi connectivity index (χ2n) is 2.26. The van der Waals surface area contributed by atoms with E-state index in [0.29, 0.717) is 11.1 Å². The highest BCUT2D eigenvalue weighted by Gasteiger charge is 2.18. The zero-order valence-corrected chi connectivity index (χ0v) is 6.35. The third-order valence-electron chi connectivity index (χ3n) is 1.58. The molecule has 1 aromatic heterocycles. The Morgan fingerprint density at radius 2 is 1.36 bits per heavy atom. The molecule has 0 amide bonds. The second kappa shape index (κ2) is 2.13. The Hall–Kier alpha value is -1.22. The van der Waals surface area contributed by atoms with Crippen LogP contribution < -0.4 is 0 Å². The van der Waals surface area contributed by atoms with E-state index >= 15 is 0 Å². The second-order valence-corrected chi connectivity index (χ2v) is 3.00. The van der Waals surface area contributed by atoms with Gasteiger partial charge in [-0.1, -0.05) is 0 Å². The molecule has 0 fully saturated rings. The first-order valence-electron chi connectivity index (χ1n) is 3.12. The first-order chi connectivity index (χ1) is 5.29. The number of carbonyl (C=O) groups excluding carboxylic acids is 2. The molecule has 1 aliphatic rings. The Morgan fingerprint density at radius 1 is 0.909 bits per heavy atom. The van der Waals surface area contributed by atoms with Gasteiger partial charge in [0, 0.05) is 21.9 Å². The van der Waals surface area contributed by atoms with E-state index in [0.717, 1.165) is 0 Å². The largest absolute Gasteiger partial charge is 0.289 e. The van der Waals surface area contributed by atoms with E-state index in [-0.39, 0.29) is 11.6 Å². The van der Waals surface area contributed by atoms with Crippen molar-refractivity contribution in [2.24, 2.45) is 0 Å². The molecule has 0 atom stereocenters. The van der Waals surface area contributed by atoms with Crippen LogP contribution in [0.5, 0.6) is 0 Å². The monoisotopic (exact) mass is 164 g/mol. The van der Waals surface area contributed by atoms with Crippen LogP contribution in [0.15, 0.2) is 22.9 Å². The summed E-state index contributed by atoms with van der Waals surface area (Å²) >= 11 is 1.38. The fourth-order valence-corrected chi connectivity index (χ4v) is 1.84. The van der Waals surface area contributed by atoms with Crippen molar-refractivity contribution in [1.29, 1.82) is 0 Å². The minimum absolute atomic E-state index is 0.0687. The molecule has 3 heteroatoms. The number of allylic oxidation sites excluding steroid dienone is 2. The number of ketones is 2. The Balaban J connectivity index is 2.68. The van der Waals surface area contributed by atoms with Gasteiger partial charge in [0.1, 0.15) is 0 Å². The summed E-state index contributed by atoms with van der Waals surface area (Å²) in [6.45, 7) is 0. The summed E-state index contributed by atoms with van der Waals surface area (Å²) in [6, 6.07) is 0. The van der Waals surface area contributed by atoms with Crippen molar-refractivity contribution in [3.05, 3.63) is 34.0 Å². The number of hydrogen-bond acceptors (Lipinski definition) is 3. The molecule has 0 saturated heterocycles. The summed E-state index contributed by atoms with van der Waals surface area (Å²) in [6.07, 6.45) is 2.63. The predicted molar refractivity (Wildman–Crippen MR) is 42.1 cm³/mol. The van der Waals surface area contributed by atoms with Crippen molar-refractivity contribution in [1.82, 2.24) is 0 Å². The van der Waals surface area contributed by atoms with E-state index in [1.54, 1.807) is 10.8 Å². The van der Waals surface area contributed by atoms with E-state index in [1.165, 1.54) is 23.5 Å². The summed E-state index contributed by atoms with van der Waals surface area (Å²) in [4.78, 5) is 22.1. The van der Waals surface area contributed by atoms with Crippen LogP contribution in [0, 0.1) is 0 Å². The molecular weight excluding hydrogens is 160 g/mol. The van der Waals surface area contributed by atoms with E-state index in [1.807, 2.05) is 0 Å². The van der Waals surface area contributed by atoms with Crippen molar-refractivity contribution in [2.45, 2.75) is 0 Å². The van der Waals surface area contributed by atoms with E-state index in [4.69, 9.17) is 0 Å². The fraction of sp³-hybridized carbons (Fsp3) is 0. The molecule has 0 unspecified atom stereocenters. The smallest absolute Gasteiger partial charge is 0.187 e. The molecule has 1 aromatic rings. The van der Waals surface area contributed by atoms with E-state index in [2.05, 4.69) is 0 Å². The predicted octanol–water partition coefficient (Wildman–Crippen LogP) is 1.68. The lowest BCUT2D eigenvalue weighted by molar-refractivity contribution is 0.0995. The third-order valence-corrected chi connectivity index (χ3v) is 2.32. The molecule has 0 aliphatic heterocycles. The van der Waals surface area contributed by atoms with Crippen LogP contribution >= 0.6 is 11.3 Å². The summed E-state index contributed by atoms with van der Waals surface area (Å²) < 4.78 is 0. The van der Waals surface area contributed by atoms with Crippen molar-refractivity contribution < 1.29 is 9.59 Å². The van der Waals surface area contributed by atoms with Crippen LogP contribution in [0.25, 0.3) is 0 Å². The maximum atomic E-state index is 11.1. The Kier molecular flexibility index (Phi) is 1.26. The molecule has 54 valence electrons. The van der Waals surface area contributed by atoms with E-state index in [9.17, 15) is 9.59 Å². The SMILES string of the molecule is O=C1C=CC(=O)c2cscc21. The molecule has 11 heavy (non-hydrogen) atoms. The van der Waals surface area contributed by atoms with Crippen molar-refractivity contribution in [2.75, 3.05) is 0 Å². The molecule has 0 saturated carbocycles. The van der Waals surface area contributed by atoms with Crippen LogP contribution in [0.1, 0.15) is 20.7 Å². The number of hydrogen-bond donors (Lipinski definition) is 0. The number of thiophene rings is 1. The van der Waals surface area contributed by atoms with Gasteiger partial charge in [0.25, 0.3) is 0 Å². The van der Waals surface area contributed by atoms with Gasteiger partial charge in [-0.2, -0.15) is 11.3 Å². The van der Waals surface area contributed by atoms with Crippen LogP contribution in [-0.4, -0.2) is 11.6 Å². The standard InChI is InChI=1S/C8H4O2S/c9-7-1-2-8(10)6-4-11-3-5(6)7/h1-4H. The van der Waals surface area contributed by atoms with Crippen LogP contribution in [-0.2, 0) is 0 Å². The molecule has 1 heterocycles. The summed E-state index contributed by atoms with van der Waals surface area (Å²) in [5.74, 6) is -0.137. The Morgan fingerprint density at radius 3 is 1.82 bits per heavy atom. The lowest BCUT2D eigenvalue weighted by Crippen LogP contribution is -2.07. The van der Waals surface area contributed by atoms with Gasteiger partial charge in [0.15, 0.2) is 11.6 Å². The molecule has 2 nitrogen and oxygen atoms in total. The van der Waals surface area contributed by atoms with Crippen LogP contribution in [0.3, 0.4) is 0 Å². The lowest BCUT2D eigenvalue weighted by Gasteiger charge is -2.00.